The summed E-state index contributed by atoms with van der Waals surface area (Å²) in [5, 5.41) is 0. The van der Waals surface area contributed by atoms with Crippen LogP contribution in [0.4, 0.5) is 0 Å². The molecular weight excluding hydrogens is 360 g/mol. The number of unbranched alkanes of at least 4 members (excludes halogenated alkanes) is 2. The lowest BCUT2D eigenvalue weighted by atomic mass is 10.1. The van der Waals surface area contributed by atoms with Gasteiger partial charge in [-0.1, -0.05) is 55.2 Å². The van der Waals surface area contributed by atoms with Crippen LogP contribution in [0.25, 0.3) is 0 Å². The fourth-order valence-electron chi connectivity index (χ4n) is 2.35. The Labute approximate surface area is 165 Å². The quantitative estimate of drug-likeness (QED) is 0.324. The number of carbonyl (C=O) groups is 2. The summed E-state index contributed by atoms with van der Waals surface area (Å²) in [7, 11) is 0. The zero-order valence-corrected chi connectivity index (χ0v) is 16.1. The van der Waals surface area contributed by atoms with E-state index in [2.05, 4.69) is 6.92 Å². The predicted molar refractivity (Wildman–Crippen MR) is 102 cm³/mol. The fraction of sp³-hybridized carbons (Fsp3) is 0.273. The number of hydrogen-bond acceptors (Lipinski definition) is 6. The largest absolute Gasteiger partial charge is 0.373 e. The van der Waals surface area contributed by atoms with Gasteiger partial charge in [-0.3, -0.25) is 9.78 Å². The van der Waals surface area contributed by atoms with Gasteiger partial charge in [0.15, 0.2) is 0 Å². The Bertz CT molecular complexity index is 725. The number of carbonyl (C=O) groups excluding carboxylic acids is 2. The summed E-state index contributed by atoms with van der Waals surface area (Å²) in [4.78, 5) is 43.8. The lowest BCUT2D eigenvalue weighted by molar-refractivity contribution is -0.363. The minimum atomic E-state index is -0.674. The van der Waals surface area contributed by atoms with Gasteiger partial charge in [0, 0.05) is 6.42 Å². The van der Waals surface area contributed by atoms with Gasteiger partial charge in [-0.2, -0.15) is 0 Å². The van der Waals surface area contributed by atoms with Crippen LogP contribution in [0.2, 0.25) is 0 Å². The normalized spacial score (nSPS) is 10.7. The Morgan fingerprint density at radius 1 is 0.786 bits per heavy atom. The van der Waals surface area contributed by atoms with Gasteiger partial charge in [0.25, 0.3) is 0 Å². The Balaban J connectivity index is 1.91. The van der Waals surface area contributed by atoms with E-state index in [0.29, 0.717) is 17.5 Å². The molecule has 0 atom stereocenters. The van der Waals surface area contributed by atoms with E-state index < -0.39 is 11.9 Å². The number of benzene rings is 2. The van der Waals surface area contributed by atoms with E-state index in [0.717, 1.165) is 24.0 Å². The van der Waals surface area contributed by atoms with Crippen molar-refractivity contribution in [3.63, 3.8) is 0 Å². The van der Waals surface area contributed by atoms with Crippen molar-refractivity contribution in [2.45, 2.75) is 39.5 Å². The maximum absolute atomic E-state index is 12.1. The summed E-state index contributed by atoms with van der Waals surface area (Å²) in [6, 6.07) is 13.8. The van der Waals surface area contributed by atoms with Crippen LogP contribution >= 0.6 is 0 Å². The first kappa shape index (κ1) is 21.6. The van der Waals surface area contributed by atoms with E-state index in [9.17, 15) is 9.59 Å². The van der Waals surface area contributed by atoms with E-state index in [4.69, 9.17) is 19.6 Å². The van der Waals surface area contributed by atoms with Crippen molar-refractivity contribution in [2.24, 2.45) is 0 Å². The third kappa shape index (κ3) is 7.13. The van der Waals surface area contributed by atoms with Crippen molar-refractivity contribution in [3.8, 4) is 0 Å². The highest BCUT2D eigenvalue weighted by atomic mass is 17.3. The van der Waals surface area contributed by atoms with E-state index in [1.807, 2.05) is 26.0 Å². The molecule has 0 bridgehead atoms. The Morgan fingerprint density at radius 3 is 1.71 bits per heavy atom. The van der Waals surface area contributed by atoms with Crippen LogP contribution in [0.1, 0.15) is 57.5 Å². The molecule has 2 aromatic rings. The van der Waals surface area contributed by atoms with Crippen LogP contribution in [0.5, 0.6) is 0 Å². The summed E-state index contributed by atoms with van der Waals surface area (Å²) in [6.07, 6.45) is 2.39. The first-order valence-electron chi connectivity index (χ1n) is 9.05. The third-order valence-electron chi connectivity index (χ3n) is 3.81. The van der Waals surface area contributed by atoms with Crippen LogP contribution in [-0.2, 0) is 19.6 Å². The maximum atomic E-state index is 12.1. The van der Waals surface area contributed by atoms with Crippen LogP contribution in [0, 0.1) is 27.1 Å². The van der Waals surface area contributed by atoms with Crippen LogP contribution < -0.4 is 0 Å². The second-order valence-electron chi connectivity index (χ2n) is 6.33. The molecule has 0 heterocycles. The highest BCUT2D eigenvalue weighted by Crippen LogP contribution is 2.18. The Morgan fingerprint density at radius 2 is 1.29 bits per heavy atom. The van der Waals surface area contributed by atoms with Crippen molar-refractivity contribution >= 4 is 11.9 Å². The van der Waals surface area contributed by atoms with Gasteiger partial charge in [0.1, 0.15) is 0 Å². The van der Waals surface area contributed by atoms with Gasteiger partial charge in [0.05, 0.1) is 11.1 Å². The molecule has 0 N–H and O–H groups in total. The van der Waals surface area contributed by atoms with Gasteiger partial charge < -0.3 is 0 Å². The topological polar surface area (TPSA) is 71.1 Å². The average molecular weight is 384 g/mol. The molecule has 0 aromatic heterocycles. The molecule has 0 fully saturated rings. The standard InChI is InChI=1S/C22H24O6/c1-4-5-6-13-20(25-27-21(23)18-11-7-9-16(2)14-18)26-28-22(24)19-12-8-10-17(3)15-19/h7-12,14-15H,1,4-6,13H2,2-3H3. The molecule has 6 heteroatoms. The molecule has 0 spiro atoms. The van der Waals surface area contributed by atoms with Crippen molar-refractivity contribution in [2.75, 3.05) is 0 Å². The van der Waals surface area contributed by atoms with Crippen molar-refractivity contribution in [3.05, 3.63) is 84.0 Å². The Kier molecular flexibility index (Phi) is 8.65. The first-order chi connectivity index (χ1) is 13.5. The maximum Gasteiger partial charge on any atom is 0.373 e. The summed E-state index contributed by atoms with van der Waals surface area (Å²) in [5.41, 5.74) is 2.51. The smallest absolute Gasteiger partial charge is 0.289 e. The minimum Gasteiger partial charge on any atom is -0.289 e. The molecule has 2 aromatic carbocycles. The third-order valence-corrected chi connectivity index (χ3v) is 3.81. The van der Waals surface area contributed by atoms with E-state index in [1.54, 1.807) is 36.4 Å². The van der Waals surface area contributed by atoms with Gasteiger partial charge in [-0.25, -0.2) is 9.59 Å². The van der Waals surface area contributed by atoms with E-state index >= 15 is 0 Å². The molecule has 0 unspecified atom stereocenters. The second-order valence-corrected chi connectivity index (χ2v) is 6.33. The molecule has 28 heavy (non-hydrogen) atoms. The molecule has 2 radical (unpaired) electrons. The Hall–Kier alpha value is -2.70. The zero-order valence-electron chi connectivity index (χ0n) is 16.1. The number of rotatable bonds is 10. The SMILES string of the molecule is [CH2]CCCC[C](OOC(=O)c1cccc(C)c1)OOC(=O)c1cccc(C)c1. The minimum absolute atomic E-state index is 0.115. The van der Waals surface area contributed by atoms with Crippen LogP contribution in [0.3, 0.4) is 0 Å². The van der Waals surface area contributed by atoms with E-state index in [1.165, 1.54) is 0 Å². The highest BCUT2D eigenvalue weighted by Gasteiger charge is 2.21. The van der Waals surface area contributed by atoms with Gasteiger partial charge in [-0.15, -0.1) is 9.78 Å². The number of hydrogen-bond donors (Lipinski definition) is 0. The summed E-state index contributed by atoms with van der Waals surface area (Å²) >= 11 is 0. The van der Waals surface area contributed by atoms with Gasteiger partial charge in [0.2, 0.25) is 0 Å². The lowest BCUT2D eigenvalue weighted by Gasteiger charge is -2.13. The molecule has 6 nitrogen and oxygen atoms in total. The van der Waals surface area contributed by atoms with E-state index in [-0.39, 0.29) is 12.7 Å². The molecular formula is C22H24O6. The molecule has 0 saturated carbocycles. The molecule has 0 aliphatic heterocycles. The molecule has 148 valence electrons. The monoisotopic (exact) mass is 384 g/mol. The summed E-state index contributed by atoms with van der Waals surface area (Å²) in [5.74, 6) is -1.35. The first-order valence-corrected chi connectivity index (χ1v) is 9.05. The lowest BCUT2D eigenvalue weighted by Crippen LogP contribution is -2.16. The molecule has 0 saturated heterocycles. The molecule has 0 aliphatic carbocycles. The molecule has 0 amide bonds. The summed E-state index contributed by atoms with van der Waals surface area (Å²) < 4.78 is 0. The number of aryl methyl sites for hydroxylation is 2. The fourth-order valence-corrected chi connectivity index (χ4v) is 2.35. The van der Waals surface area contributed by atoms with Crippen molar-refractivity contribution in [1.82, 2.24) is 0 Å². The summed E-state index contributed by atoms with van der Waals surface area (Å²) in [6.45, 7) is 7.49. The predicted octanol–water partition coefficient (Wildman–Crippen LogP) is 5.06. The zero-order chi connectivity index (χ0) is 20.4. The average Bonchev–Trinajstić information content (AvgIpc) is 2.69. The second kappa shape index (κ2) is 11.2. The van der Waals surface area contributed by atoms with Crippen LogP contribution in [0.15, 0.2) is 48.5 Å². The van der Waals surface area contributed by atoms with Crippen LogP contribution in [-0.4, -0.2) is 11.9 Å². The van der Waals surface area contributed by atoms with Gasteiger partial charge in [-0.05, 0) is 44.5 Å². The van der Waals surface area contributed by atoms with Crippen molar-refractivity contribution in [1.29, 1.82) is 0 Å². The van der Waals surface area contributed by atoms with Gasteiger partial charge >= 0.3 is 18.2 Å². The highest BCUT2D eigenvalue weighted by molar-refractivity contribution is 5.89. The molecule has 2 rings (SSSR count). The van der Waals surface area contributed by atoms with Crippen molar-refractivity contribution < 1.29 is 29.1 Å². The molecule has 0 aliphatic rings.